The van der Waals surface area contributed by atoms with Crippen LogP contribution < -0.4 is 10.4 Å². The van der Waals surface area contributed by atoms with Crippen LogP contribution >= 0.6 is 0 Å². The molecular weight excluding hydrogens is 268 g/mol. The highest BCUT2D eigenvalue weighted by molar-refractivity contribution is 6.70. The Bertz CT molecular complexity index is 836. The zero-order valence-corrected chi connectivity index (χ0v) is 13.5. The Morgan fingerprint density at radius 1 is 0.762 bits per heavy atom. The van der Waals surface area contributed by atoms with Crippen LogP contribution in [0.4, 0.5) is 0 Å². The van der Waals surface area contributed by atoms with Crippen molar-refractivity contribution < 1.29 is 0 Å². The fourth-order valence-electron chi connectivity index (χ4n) is 3.39. The zero-order chi connectivity index (χ0) is 14.4. The van der Waals surface area contributed by atoms with Crippen molar-refractivity contribution >= 4 is 30.7 Å². The van der Waals surface area contributed by atoms with Crippen molar-refractivity contribution in [3.8, 4) is 0 Å². The summed E-state index contributed by atoms with van der Waals surface area (Å²) in [6, 6.07) is 18.2. The standard InChI is InChI=1S/C20H18Si/c1-13-5-3-8-18(14(13)2)21-19-12-11-16-10-9-15-6-4-7-17(19)20(15)16/h3-8,11-12H,9-10H2,1-2H3. The highest BCUT2D eigenvalue weighted by atomic mass is 28.2. The molecule has 1 aliphatic carbocycles. The summed E-state index contributed by atoms with van der Waals surface area (Å²) in [5.74, 6) is 0. The zero-order valence-electron chi connectivity index (χ0n) is 12.5. The highest BCUT2D eigenvalue weighted by Gasteiger charge is 2.16. The molecule has 0 atom stereocenters. The Balaban J connectivity index is 1.87. The molecule has 4 rings (SSSR count). The van der Waals surface area contributed by atoms with E-state index in [1.165, 1.54) is 56.2 Å². The topological polar surface area (TPSA) is 0 Å². The Morgan fingerprint density at radius 3 is 2.38 bits per heavy atom. The van der Waals surface area contributed by atoms with Gasteiger partial charge in [0.15, 0.2) is 0 Å². The lowest BCUT2D eigenvalue weighted by molar-refractivity contribution is 1.02. The number of rotatable bonds is 2. The first-order valence-corrected chi connectivity index (χ1v) is 8.61. The van der Waals surface area contributed by atoms with Gasteiger partial charge in [-0.2, -0.15) is 0 Å². The van der Waals surface area contributed by atoms with Crippen LogP contribution in [0.3, 0.4) is 0 Å². The van der Waals surface area contributed by atoms with Gasteiger partial charge in [0.2, 0.25) is 0 Å². The van der Waals surface area contributed by atoms with Crippen molar-refractivity contribution in [1.82, 2.24) is 0 Å². The lowest BCUT2D eigenvalue weighted by Gasteiger charge is -2.11. The van der Waals surface area contributed by atoms with Crippen molar-refractivity contribution in [2.24, 2.45) is 0 Å². The lowest BCUT2D eigenvalue weighted by Crippen LogP contribution is -2.30. The molecule has 0 heterocycles. The van der Waals surface area contributed by atoms with E-state index in [0.717, 1.165) is 9.52 Å². The highest BCUT2D eigenvalue weighted by Crippen LogP contribution is 2.29. The van der Waals surface area contributed by atoms with Gasteiger partial charge in [-0.15, -0.1) is 0 Å². The van der Waals surface area contributed by atoms with Gasteiger partial charge >= 0.3 is 0 Å². The minimum Gasteiger partial charge on any atom is -0.0628 e. The van der Waals surface area contributed by atoms with Gasteiger partial charge in [0.05, 0.1) is 0 Å². The smallest absolute Gasteiger partial charge is 0.0628 e. The quantitative estimate of drug-likeness (QED) is 0.635. The predicted molar refractivity (Wildman–Crippen MR) is 92.3 cm³/mol. The summed E-state index contributed by atoms with van der Waals surface area (Å²) in [5.41, 5.74) is 5.91. The third-order valence-corrected chi connectivity index (χ3v) is 6.27. The molecule has 0 N–H and O–H groups in total. The summed E-state index contributed by atoms with van der Waals surface area (Å²) in [6.45, 7) is 4.45. The summed E-state index contributed by atoms with van der Waals surface area (Å²) < 4.78 is 0. The summed E-state index contributed by atoms with van der Waals surface area (Å²) >= 11 is 0. The third-order valence-electron chi connectivity index (χ3n) is 4.75. The van der Waals surface area contributed by atoms with Crippen LogP contribution in [0.15, 0.2) is 48.5 Å². The van der Waals surface area contributed by atoms with Crippen LogP contribution in [-0.2, 0) is 12.8 Å². The number of hydrogen-bond donors (Lipinski definition) is 0. The molecule has 0 amide bonds. The summed E-state index contributed by atoms with van der Waals surface area (Å²) in [6.07, 6.45) is 2.42. The van der Waals surface area contributed by atoms with E-state index in [9.17, 15) is 0 Å². The van der Waals surface area contributed by atoms with Crippen molar-refractivity contribution in [1.29, 1.82) is 0 Å². The monoisotopic (exact) mass is 286 g/mol. The molecule has 1 aliphatic rings. The molecule has 21 heavy (non-hydrogen) atoms. The molecular formula is C20H18Si. The average molecular weight is 286 g/mol. The fraction of sp³-hybridized carbons (Fsp3) is 0.200. The van der Waals surface area contributed by atoms with Crippen LogP contribution in [0, 0.1) is 13.8 Å². The second-order valence-corrected chi connectivity index (χ2v) is 7.31. The summed E-state index contributed by atoms with van der Waals surface area (Å²) in [7, 11) is 0.746. The van der Waals surface area contributed by atoms with Gasteiger partial charge in [-0.25, -0.2) is 0 Å². The molecule has 0 fully saturated rings. The van der Waals surface area contributed by atoms with Crippen LogP contribution in [0.5, 0.6) is 0 Å². The Labute approximate surface area is 128 Å². The minimum absolute atomic E-state index is 0.746. The van der Waals surface area contributed by atoms with Gasteiger partial charge in [0.1, 0.15) is 9.52 Å². The van der Waals surface area contributed by atoms with E-state index in [2.05, 4.69) is 62.4 Å². The van der Waals surface area contributed by atoms with Gasteiger partial charge < -0.3 is 0 Å². The molecule has 3 aromatic carbocycles. The average Bonchev–Trinajstić information content (AvgIpc) is 2.92. The Morgan fingerprint density at radius 2 is 1.52 bits per heavy atom. The predicted octanol–water partition coefficient (Wildman–Crippen LogP) is 3.21. The SMILES string of the molecule is Cc1cccc([Si]c2ccc3c4c(cccc24)CC3)c1C. The minimum atomic E-state index is 0.746. The van der Waals surface area contributed by atoms with E-state index in [0.29, 0.717) is 0 Å². The lowest BCUT2D eigenvalue weighted by atomic mass is 10.1. The maximum Gasteiger partial charge on any atom is 0.122 e. The Kier molecular flexibility index (Phi) is 2.97. The molecule has 0 nitrogen and oxygen atoms in total. The summed E-state index contributed by atoms with van der Waals surface area (Å²) in [5, 5.41) is 5.98. The molecule has 0 bridgehead atoms. The van der Waals surface area contributed by atoms with Crippen LogP contribution in [0.1, 0.15) is 22.3 Å². The number of benzene rings is 3. The largest absolute Gasteiger partial charge is 0.122 e. The first-order valence-electron chi connectivity index (χ1n) is 7.61. The molecule has 3 aromatic rings. The van der Waals surface area contributed by atoms with Crippen molar-refractivity contribution in [2.45, 2.75) is 26.7 Å². The second kappa shape index (κ2) is 4.85. The van der Waals surface area contributed by atoms with Gasteiger partial charge in [0.25, 0.3) is 0 Å². The van der Waals surface area contributed by atoms with E-state index in [4.69, 9.17) is 0 Å². The first-order chi connectivity index (χ1) is 10.2. The van der Waals surface area contributed by atoms with Gasteiger partial charge in [-0.05, 0) is 59.7 Å². The number of aryl methyl sites for hydroxylation is 3. The molecule has 0 spiro atoms. The molecule has 0 saturated carbocycles. The molecule has 1 heteroatoms. The van der Waals surface area contributed by atoms with E-state index in [1.54, 1.807) is 0 Å². The Hall–Kier alpha value is -1.86. The van der Waals surface area contributed by atoms with Gasteiger partial charge in [-0.1, -0.05) is 58.9 Å². The molecule has 102 valence electrons. The fourth-order valence-corrected chi connectivity index (χ4v) is 4.75. The van der Waals surface area contributed by atoms with Crippen molar-refractivity contribution in [2.75, 3.05) is 0 Å². The maximum atomic E-state index is 2.35. The normalized spacial score (nSPS) is 13.0. The van der Waals surface area contributed by atoms with Gasteiger partial charge in [-0.3, -0.25) is 0 Å². The van der Waals surface area contributed by atoms with E-state index >= 15 is 0 Å². The molecule has 0 aromatic heterocycles. The summed E-state index contributed by atoms with van der Waals surface area (Å²) in [4.78, 5) is 0. The third kappa shape index (κ3) is 2.04. The van der Waals surface area contributed by atoms with Crippen LogP contribution in [0.25, 0.3) is 10.8 Å². The molecule has 2 radical (unpaired) electrons. The van der Waals surface area contributed by atoms with Crippen molar-refractivity contribution in [3.05, 3.63) is 70.8 Å². The van der Waals surface area contributed by atoms with Crippen LogP contribution in [0.2, 0.25) is 0 Å². The maximum absolute atomic E-state index is 2.35. The number of hydrogen-bond acceptors (Lipinski definition) is 0. The second-order valence-electron chi connectivity index (χ2n) is 5.98. The van der Waals surface area contributed by atoms with Crippen LogP contribution in [-0.4, -0.2) is 9.52 Å². The van der Waals surface area contributed by atoms with E-state index < -0.39 is 0 Å². The van der Waals surface area contributed by atoms with E-state index in [1.807, 2.05) is 0 Å². The molecule has 0 saturated heterocycles. The molecule has 0 aliphatic heterocycles. The van der Waals surface area contributed by atoms with Gasteiger partial charge in [0, 0.05) is 0 Å². The van der Waals surface area contributed by atoms with E-state index in [-0.39, 0.29) is 0 Å². The first kappa shape index (κ1) is 12.8. The molecule has 0 unspecified atom stereocenters. The van der Waals surface area contributed by atoms with Crippen molar-refractivity contribution in [3.63, 3.8) is 0 Å².